The van der Waals surface area contributed by atoms with Crippen LogP contribution in [0.1, 0.15) is 29.8 Å². The number of likely N-dealkylation sites (N-methyl/N-ethyl adjacent to an activating group) is 1. The van der Waals surface area contributed by atoms with E-state index in [1.54, 1.807) is 12.5 Å². The molecular weight excluding hydrogens is 286 g/mol. The number of nitrogens with one attached hydrogen (secondary N) is 1. The predicted octanol–water partition coefficient (Wildman–Crippen LogP) is 2.96. The lowest BCUT2D eigenvalue weighted by molar-refractivity contribution is 0.351. The molecule has 4 nitrogen and oxygen atoms in total. The third-order valence-corrected chi connectivity index (χ3v) is 3.88. The van der Waals surface area contributed by atoms with Crippen molar-refractivity contribution in [2.75, 3.05) is 13.2 Å². The lowest BCUT2D eigenvalue weighted by atomic mass is 9.99. The summed E-state index contributed by atoms with van der Waals surface area (Å²) in [4.78, 5) is 8.34. The summed E-state index contributed by atoms with van der Waals surface area (Å²) in [6.07, 6.45) is 5.08. The van der Waals surface area contributed by atoms with Gasteiger partial charge in [-0.05, 0) is 42.3 Å². The maximum Gasteiger partial charge on any atom is 0.125 e. The van der Waals surface area contributed by atoms with Gasteiger partial charge in [0.2, 0.25) is 0 Å². The van der Waals surface area contributed by atoms with Crippen LogP contribution >= 0.6 is 11.6 Å². The number of nitrogens with zero attached hydrogens (tertiary/aromatic N) is 2. The van der Waals surface area contributed by atoms with Crippen LogP contribution in [0.4, 0.5) is 0 Å². The van der Waals surface area contributed by atoms with Crippen LogP contribution < -0.4 is 10.1 Å². The van der Waals surface area contributed by atoms with E-state index in [9.17, 15) is 0 Å². The van der Waals surface area contributed by atoms with Crippen LogP contribution in [0.5, 0.6) is 5.75 Å². The Kier molecular flexibility index (Phi) is 4.36. The number of benzene rings is 1. The lowest BCUT2D eigenvalue weighted by Crippen LogP contribution is -2.24. The summed E-state index contributed by atoms with van der Waals surface area (Å²) in [7, 11) is 0. The first kappa shape index (κ1) is 14.3. The fourth-order valence-electron chi connectivity index (χ4n) is 2.75. The van der Waals surface area contributed by atoms with Gasteiger partial charge in [0.25, 0.3) is 0 Å². The minimum absolute atomic E-state index is 0.129. The van der Waals surface area contributed by atoms with Crippen LogP contribution in [-0.2, 0) is 12.8 Å². The Balaban J connectivity index is 1.90. The summed E-state index contributed by atoms with van der Waals surface area (Å²) in [5.41, 5.74) is 3.33. The topological polar surface area (TPSA) is 47.0 Å². The van der Waals surface area contributed by atoms with Crippen molar-refractivity contribution in [1.29, 1.82) is 0 Å². The van der Waals surface area contributed by atoms with E-state index in [1.165, 1.54) is 5.56 Å². The van der Waals surface area contributed by atoms with Crippen molar-refractivity contribution in [3.63, 3.8) is 0 Å². The first-order valence-electron chi connectivity index (χ1n) is 7.21. The van der Waals surface area contributed by atoms with Gasteiger partial charge in [-0.2, -0.15) is 0 Å². The molecule has 5 heteroatoms. The summed E-state index contributed by atoms with van der Waals surface area (Å²) in [5, 5.41) is 4.24. The molecule has 1 aromatic carbocycles. The minimum atomic E-state index is 0.129. The Hall–Kier alpha value is -1.65. The van der Waals surface area contributed by atoms with E-state index >= 15 is 0 Å². The van der Waals surface area contributed by atoms with Crippen LogP contribution in [0.3, 0.4) is 0 Å². The second-order valence-corrected chi connectivity index (χ2v) is 5.54. The van der Waals surface area contributed by atoms with Crippen LogP contribution in [0.25, 0.3) is 0 Å². The molecule has 2 aromatic rings. The third kappa shape index (κ3) is 3.17. The summed E-state index contributed by atoms with van der Waals surface area (Å²) in [6, 6.07) is 6.07. The molecule has 21 heavy (non-hydrogen) atoms. The van der Waals surface area contributed by atoms with Crippen molar-refractivity contribution < 1.29 is 4.74 Å². The van der Waals surface area contributed by atoms with Gasteiger partial charge in [-0.25, -0.2) is 9.97 Å². The van der Waals surface area contributed by atoms with E-state index in [1.807, 2.05) is 18.2 Å². The zero-order valence-electron chi connectivity index (χ0n) is 12.0. The molecule has 1 unspecified atom stereocenters. The van der Waals surface area contributed by atoms with Crippen LogP contribution in [0.15, 0.2) is 30.7 Å². The molecule has 1 aromatic heterocycles. The summed E-state index contributed by atoms with van der Waals surface area (Å²) < 4.78 is 5.78. The summed E-state index contributed by atoms with van der Waals surface area (Å²) in [6.45, 7) is 3.70. The Bertz CT molecular complexity index is 618. The van der Waals surface area contributed by atoms with Crippen molar-refractivity contribution in [2.45, 2.75) is 25.8 Å². The molecule has 3 rings (SSSR count). The normalized spacial score (nSPS) is 14.6. The van der Waals surface area contributed by atoms with Gasteiger partial charge >= 0.3 is 0 Å². The molecule has 0 aliphatic carbocycles. The largest absolute Gasteiger partial charge is 0.493 e. The van der Waals surface area contributed by atoms with Crippen molar-refractivity contribution >= 4 is 11.6 Å². The van der Waals surface area contributed by atoms with Crippen LogP contribution in [0, 0.1) is 0 Å². The molecule has 0 saturated heterocycles. The Morgan fingerprint density at radius 2 is 2.33 bits per heavy atom. The first-order valence-corrected chi connectivity index (χ1v) is 7.59. The molecule has 0 radical (unpaired) electrons. The lowest BCUT2D eigenvalue weighted by Gasteiger charge is -2.19. The number of aromatic nitrogens is 2. The average molecular weight is 304 g/mol. The fraction of sp³-hybridized carbons (Fsp3) is 0.375. The number of rotatable bonds is 5. The molecule has 0 spiro atoms. The van der Waals surface area contributed by atoms with Gasteiger partial charge in [-0.1, -0.05) is 18.5 Å². The summed E-state index contributed by atoms with van der Waals surface area (Å²) in [5.74, 6) is 0.997. The van der Waals surface area contributed by atoms with E-state index in [-0.39, 0.29) is 6.04 Å². The number of hydrogen-bond acceptors (Lipinski definition) is 4. The predicted molar refractivity (Wildman–Crippen MR) is 82.8 cm³/mol. The maximum atomic E-state index is 6.23. The third-order valence-electron chi connectivity index (χ3n) is 3.66. The molecule has 0 bridgehead atoms. The van der Waals surface area contributed by atoms with Crippen molar-refractivity contribution in [2.24, 2.45) is 0 Å². The van der Waals surface area contributed by atoms with E-state index in [0.29, 0.717) is 0 Å². The van der Waals surface area contributed by atoms with E-state index in [0.717, 1.165) is 48.0 Å². The van der Waals surface area contributed by atoms with Gasteiger partial charge in [-0.3, -0.25) is 0 Å². The molecule has 0 fully saturated rings. The minimum Gasteiger partial charge on any atom is -0.493 e. The molecule has 1 aliphatic rings. The SMILES string of the molecule is CCNC(Cc1cc(Cl)cc2c1OCC2)c1ccncn1. The molecular formula is C16H18ClN3O. The Morgan fingerprint density at radius 1 is 1.43 bits per heavy atom. The van der Waals surface area contributed by atoms with E-state index in [4.69, 9.17) is 16.3 Å². The van der Waals surface area contributed by atoms with Gasteiger partial charge in [0.1, 0.15) is 12.1 Å². The van der Waals surface area contributed by atoms with E-state index in [2.05, 4.69) is 22.2 Å². The molecule has 1 atom stereocenters. The summed E-state index contributed by atoms with van der Waals surface area (Å²) >= 11 is 6.23. The zero-order chi connectivity index (χ0) is 14.7. The number of halogens is 1. The maximum absolute atomic E-state index is 6.23. The average Bonchev–Trinajstić information content (AvgIpc) is 2.96. The van der Waals surface area contributed by atoms with Gasteiger partial charge in [0.15, 0.2) is 0 Å². The van der Waals surface area contributed by atoms with Gasteiger partial charge in [-0.15, -0.1) is 0 Å². The van der Waals surface area contributed by atoms with Crippen molar-refractivity contribution in [1.82, 2.24) is 15.3 Å². The molecule has 0 amide bonds. The molecule has 1 aliphatic heterocycles. The monoisotopic (exact) mass is 303 g/mol. The zero-order valence-corrected chi connectivity index (χ0v) is 12.7. The van der Waals surface area contributed by atoms with Gasteiger partial charge in [0, 0.05) is 17.6 Å². The van der Waals surface area contributed by atoms with E-state index < -0.39 is 0 Å². The van der Waals surface area contributed by atoms with Crippen LogP contribution in [0.2, 0.25) is 5.02 Å². The molecule has 110 valence electrons. The molecule has 2 heterocycles. The number of fused-ring (bicyclic) bond motifs is 1. The first-order chi connectivity index (χ1) is 10.3. The Labute approximate surface area is 129 Å². The second-order valence-electron chi connectivity index (χ2n) is 5.10. The number of hydrogen-bond donors (Lipinski definition) is 1. The van der Waals surface area contributed by atoms with Crippen LogP contribution in [-0.4, -0.2) is 23.1 Å². The highest BCUT2D eigenvalue weighted by Crippen LogP contribution is 2.35. The highest BCUT2D eigenvalue weighted by atomic mass is 35.5. The molecule has 0 saturated carbocycles. The van der Waals surface area contributed by atoms with Gasteiger partial charge < -0.3 is 10.1 Å². The van der Waals surface area contributed by atoms with Crippen molar-refractivity contribution in [3.8, 4) is 5.75 Å². The quantitative estimate of drug-likeness (QED) is 0.922. The number of ether oxygens (including phenoxy) is 1. The molecule has 1 N–H and O–H groups in total. The Morgan fingerprint density at radius 3 is 3.10 bits per heavy atom. The standard InChI is InChI=1S/C16H18ClN3O/c1-2-19-15(14-3-5-18-10-20-14)9-12-8-13(17)7-11-4-6-21-16(11)12/h3,5,7-8,10,15,19H,2,4,6,9H2,1H3. The second kappa shape index (κ2) is 6.41. The highest BCUT2D eigenvalue weighted by molar-refractivity contribution is 6.30. The highest BCUT2D eigenvalue weighted by Gasteiger charge is 2.21. The van der Waals surface area contributed by atoms with Crippen molar-refractivity contribution in [3.05, 3.63) is 52.6 Å². The fourth-order valence-corrected chi connectivity index (χ4v) is 3.02. The van der Waals surface area contributed by atoms with Gasteiger partial charge in [0.05, 0.1) is 18.3 Å². The smallest absolute Gasteiger partial charge is 0.125 e.